The molecule has 2 nitrogen and oxygen atoms in total. The molecule has 2 rings (SSSR count). The van der Waals surface area contributed by atoms with Crippen molar-refractivity contribution in [2.45, 2.75) is 39.7 Å². The number of rotatable bonds is 3. The van der Waals surface area contributed by atoms with Gasteiger partial charge >= 0.3 is 0 Å². The van der Waals surface area contributed by atoms with Crippen LogP contribution in [0.2, 0.25) is 0 Å². The summed E-state index contributed by atoms with van der Waals surface area (Å²) < 4.78 is 6.08. The van der Waals surface area contributed by atoms with Crippen LogP contribution in [0.3, 0.4) is 0 Å². The molecule has 0 radical (unpaired) electrons. The number of nitrogens with one attached hydrogen (secondary N) is 1. The highest BCUT2D eigenvalue weighted by molar-refractivity contribution is 5.85. The first-order chi connectivity index (χ1) is 8.06. The SMILES string of the molecule is CNC(C)c1oc2c(C(C)C)cccc2c1C. The molecule has 0 saturated heterocycles. The van der Waals surface area contributed by atoms with Crippen molar-refractivity contribution >= 4 is 11.0 Å². The van der Waals surface area contributed by atoms with E-state index in [0.29, 0.717) is 5.92 Å². The lowest BCUT2D eigenvalue weighted by molar-refractivity contribution is 0.469. The van der Waals surface area contributed by atoms with E-state index in [-0.39, 0.29) is 6.04 Å². The van der Waals surface area contributed by atoms with Gasteiger partial charge in [-0.25, -0.2) is 0 Å². The van der Waals surface area contributed by atoms with Crippen LogP contribution in [-0.4, -0.2) is 7.05 Å². The van der Waals surface area contributed by atoms with Crippen molar-refractivity contribution in [3.8, 4) is 0 Å². The van der Waals surface area contributed by atoms with E-state index < -0.39 is 0 Å². The van der Waals surface area contributed by atoms with Crippen LogP contribution in [0.1, 0.15) is 49.6 Å². The molecule has 2 heteroatoms. The molecular weight excluding hydrogens is 210 g/mol. The zero-order chi connectivity index (χ0) is 12.6. The maximum Gasteiger partial charge on any atom is 0.138 e. The Morgan fingerprint density at radius 2 is 1.88 bits per heavy atom. The summed E-state index contributed by atoms with van der Waals surface area (Å²) in [5.74, 6) is 1.54. The van der Waals surface area contributed by atoms with Gasteiger partial charge in [0.05, 0.1) is 6.04 Å². The summed E-state index contributed by atoms with van der Waals surface area (Å²) >= 11 is 0. The van der Waals surface area contributed by atoms with Crippen LogP contribution < -0.4 is 5.32 Å². The maximum absolute atomic E-state index is 6.08. The van der Waals surface area contributed by atoms with E-state index in [0.717, 1.165) is 11.3 Å². The Balaban J connectivity index is 2.68. The van der Waals surface area contributed by atoms with Crippen molar-refractivity contribution in [1.82, 2.24) is 5.32 Å². The molecule has 0 fully saturated rings. The predicted molar refractivity (Wildman–Crippen MR) is 72.5 cm³/mol. The van der Waals surface area contributed by atoms with E-state index in [2.05, 4.69) is 51.2 Å². The summed E-state index contributed by atoms with van der Waals surface area (Å²) in [4.78, 5) is 0. The van der Waals surface area contributed by atoms with E-state index in [1.165, 1.54) is 16.5 Å². The number of para-hydroxylation sites is 1. The van der Waals surface area contributed by atoms with Gasteiger partial charge in [-0.05, 0) is 37.9 Å². The van der Waals surface area contributed by atoms with Crippen LogP contribution in [0.15, 0.2) is 22.6 Å². The van der Waals surface area contributed by atoms with E-state index in [1.54, 1.807) is 0 Å². The average molecular weight is 231 g/mol. The van der Waals surface area contributed by atoms with E-state index in [4.69, 9.17) is 4.42 Å². The van der Waals surface area contributed by atoms with Gasteiger partial charge in [-0.15, -0.1) is 0 Å². The lowest BCUT2D eigenvalue weighted by atomic mass is 10.00. The third-order valence-electron chi connectivity index (χ3n) is 3.48. The monoisotopic (exact) mass is 231 g/mol. The summed E-state index contributed by atoms with van der Waals surface area (Å²) in [6.07, 6.45) is 0. The number of fused-ring (bicyclic) bond motifs is 1. The lowest BCUT2D eigenvalue weighted by Gasteiger charge is -2.07. The van der Waals surface area contributed by atoms with Crippen molar-refractivity contribution in [2.75, 3.05) is 7.05 Å². The van der Waals surface area contributed by atoms with Gasteiger partial charge in [-0.3, -0.25) is 0 Å². The minimum atomic E-state index is 0.252. The Morgan fingerprint density at radius 1 is 1.18 bits per heavy atom. The van der Waals surface area contributed by atoms with Gasteiger partial charge in [0, 0.05) is 5.39 Å². The van der Waals surface area contributed by atoms with E-state index in [9.17, 15) is 0 Å². The Kier molecular flexibility index (Phi) is 3.25. The summed E-state index contributed by atoms with van der Waals surface area (Å²) in [7, 11) is 1.96. The molecule has 0 saturated carbocycles. The van der Waals surface area contributed by atoms with Crippen LogP contribution in [0.25, 0.3) is 11.0 Å². The summed E-state index contributed by atoms with van der Waals surface area (Å²) in [6, 6.07) is 6.67. The van der Waals surface area contributed by atoms with Crippen molar-refractivity contribution < 1.29 is 4.42 Å². The van der Waals surface area contributed by atoms with Gasteiger partial charge < -0.3 is 9.73 Å². The molecule has 0 aliphatic heterocycles. The molecule has 0 amide bonds. The molecular formula is C15H21NO. The molecule has 1 N–H and O–H groups in total. The molecule has 0 bridgehead atoms. The van der Waals surface area contributed by atoms with Gasteiger partial charge in [0.1, 0.15) is 11.3 Å². The molecule has 92 valence electrons. The Labute approximate surface area is 103 Å². The molecule has 1 heterocycles. The highest BCUT2D eigenvalue weighted by Crippen LogP contribution is 2.33. The molecule has 1 aromatic carbocycles. The van der Waals surface area contributed by atoms with Crippen LogP contribution in [-0.2, 0) is 0 Å². The van der Waals surface area contributed by atoms with Crippen molar-refractivity contribution in [3.05, 3.63) is 35.1 Å². The van der Waals surface area contributed by atoms with Crippen LogP contribution >= 0.6 is 0 Å². The second kappa shape index (κ2) is 4.53. The van der Waals surface area contributed by atoms with Gasteiger partial charge in [0.25, 0.3) is 0 Å². The largest absolute Gasteiger partial charge is 0.459 e. The van der Waals surface area contributed by atoms with Crippen LogP contribution in [0.5, 0.6) is 0 Å². The third kappa shape index (κ3) is 1.98. The smallest absolute Gasteiger partial charge is 0.138 e. The van der Waals surface area contributed by atoms with Crippen molar-refractivity contribution in [1.29, 1.82) is 0 Å². The average Bonchev–Trinajstić information content (AvgIpc) is 2.66. The second-order valence-electron chi connectivity index (χ2n) is 4.98. The third-order valence-corrected chi connectivity index (χ3v) is 3.48. The number of hydrogen-bond acceptors (Lipinski definition) is 2. The lowest BCUT2D eigenvalue weighted by Crippen LogP contribution is -2.12. The zero-order valence-electron chi connectivity index (χ0n) is 11.3. The van der Waals surface area contributed by atoms with Crippen LogP contribution in [0, 0.1) is 6.92 Å². The minimum absolute atomic E-state index is 0.252. The molecule has 0 spiro atoms. The van der Waals surface area contributed by atoms with Gasteiger partial charge in [-0.1, -0.05) is 32.0 Å². The fourth-order valence-electron chi connectivity index (χ4n) is 2.28. The minimum Gasteiger partial charge on any atom is -0.459 e. The first-order valence-electron chi connectivity index (χ1n) is 6.25. The maximum atomic E-state index is 6.08. The van der Waals surface area contributed by atoms with Gasteiger partial charge in [0.2, 0.25) is 0 Å². The fraction of sp³-hybridized carbons (Fsp3) is 0.467. The molecule has 1 unspecified atom stereocenters. The predicted octanol–water partition coefficient (Wildman–Crippen LogP) is 4.15. The number of furan rings is 1. The van der Waals surface area contributed by atoms with Crippen molar-refractivity contribution in [2.24, 2.45) is 0 Å². The number of benzene rings is 1. The molecule has 1 atom stereocenters. The van der Waals surface area contributed by atoms with E-state index in [1.807, 2.05) is 7.05 Å². The van der Waals surface area contributed by atoms with E-state index >= 15 is 0 Å². The van der Waals surface area contributed by atoms with Crippen molar-refractivity contribution in [3.63, 3.8) is 0 Å². The zero-order valence-corrected chi connectivity index (χ0v) is 11.3. The molecule has 2 aromatic rings. The summed E-state index contributed by atoms with van der Waals surface area (Å²) in [6.45, 7) is 8.67. The Morgan fingerprint density at radius 3 is 2.47 bits per heavy atom. The van der Waals surface area contributed by atoms with Gasteiger partial charge in [-0.2, -0.15) is 0 Å². The Hall–Kier alpha value is -1.28. The molecule has 0 aliphatic rings. The summed E-state index contributed by atoms with van der Waals surface area (Å²) in [5.41, 5.74) is 3.60. The first kappa shape index (κ1) is 12.2. The molecule has 0 aliphatic carbocycles. The number of hydrogen-bond donors (Lipinski definition) is 1. The first-order valence-corrected chi connectivity index (χ1v) is 6.25. The van der Waals surface area contributed by atoms with Crippen LogP contribution in [0.4, 0.5) is 0 Å². The normalized spacial score (nSPS) is 13.5. The van der Waals surface area contributed by atoms with Gasteiger partial charge in [0.15, 0.2) is 0 Å². The quantitative estimate of drug-likeness (QED) is 0.858. The fourth-order valence-corrected chi connectivity index (χ4v) is 2.28. The number of aryl methyl sites for hydroxylation is 1. The second-order valence-corrected chi connectivity index (χ2v) is 4.98. The molecule has 17 heavy (non-hydrogen) atoms. The highest BCUT2D eigenvalue weighted by atomic mass is 16.3. The Bertz CT molecular complexity index is 525. The standard InChI is InChI=1S/C15H21NO/c1-9(2)12-7-6-8-13-10(3)14(11(4)16-5)17-15(12)13/h6-9,11,16H,1-5H3. The summed E-state index contributed by atoms with van der Waals surface area (Å²) in [5, 5.41) is 4.48. The topological polar surface area (TPSA) is 25.2 Å². The molecule has 1 aromatic heterocycles. The highest BCUT2D eigenvalue weighted by Gasteiger charge is 2.17.